The number of carbonyl (C=O) groups is 3. The molecule has 0 saturated carbocycles. The molecule has 1 amide bonds. The van der Waals surface area contributed by atoms with E-state index in [0.29, 0.717) is 59.4 Å². The Kier molecular flexibility index (Phi) is 7.58. The Morgan fingerprint density at radius 3 is 1.93 bits per heavy atom. The summed E-state index contributed by atoms with van der Waals surface area (Å²) < 4.78 is 22.7. The van der Waals surface area contributed by atoms with Crippen LogP contribution in [0.5, 0.6) is 0 Å². The van der Waals surface area contributed by atoms with Crippen molar-refractivity contribution in [2.75, 3.05) is 10.2 Å². The second-order valence-corrected chi connectivity index (χ2v) is 16.2. The van der Waals surface area contributed by atoms with Gasteiger partial charge in [-0.2, -0.15) is 5.26 Å². The molecule has 3 aromatic rings. The van der Waals surface area contributed by atoms with E-state index in [4.69, 9.17) is 5.14 Å². The highest BCUT2D eigenvalue weighted by Gasteiger charge is 2.49. The zero-order valence-electron chi connectivity index (χ0n) is 25.7. The van der Waals surface area contributed by atoms with Gasteiger partial charge in [0.15, 0.2) is 11.6 Å². The third-order valence-corrected chi connectivity index (χ3v) is 10.7. The summed E-state index contributed by atoms with van der Waals surface area (Å²) in [7, 11) is -4.05. The Morgan fingerprint density at radius 2 is 1.46 bits per heavy atom. The Morgan fingerprint density at radius 1 is 0.913 bits per heavy atom. The minimum atomic E-state index is -4.05. The summed E-state index contributed by atoms with van der Waals surface area (Å²) in [5, 5.41) is 24.2. The van der Waals surface area contributed by atoms with E-state index in [1.54, 1.807) is 36.4 Å². The van der Waals surface area contributed by atoms with Crippen molar-refractivity contribution in [2.45, 2.75) is 63.6 Å². The third-order valence-electron chi connectivity index (χ3n) is 8.54. The number of nitrogens with two attached hydrogens (primary N) is 1. The number of primary sulfonamides is 1. The lowest BCUT2D eigenvalue weighted by Gasteiger charge is -2.49. The Hall–Kier alpha value is -4.51. The summed E-state index contributed by atoms with van der Waals surface area (Å²) in [4.78, 5) is 43.1. The average molecular weight is 657 g/mol. The molecule has 2 aliphatic carbocycles. The summed E-state index contributed by atoms with van der Waals surface area (Å²) in [6, 6.07) is 16.1. The van der Waals surface area contributed by atoms with E-state index in [1.807, 2.05) is 17.0 Å². The number of hydrogen-bond acceptors (Lipinski definition) is 10. The van der Waals surface area contributed by atoms with E-state index < -0.39 is 26.2 Å². The molecule has 0 bridgehead atoms. The number of amides is 1. The zero-order valence-corrected chi connectivity index (χ0v) is 27.4. The first kappa shape index (κ1) is 31.5. The Balaban J connectivity index is 1.45. The SMILES string of the molecule is CC1(C)CC(=O)C2=C(C1)N(c1ccc(C(=O)Nc3nnc(S(N)(=O)=O)s3)cc1)C1=C(C(=O)CC(C)(C)C1)C2c1ccc(C#N)cc1. The van der Waals surface area contributed by atoms with Gasteiger partial charge in [0.05, 0.1) is 11.6 Å². The van der Waals surface area contributed by atoms with Crippen molar-refractivity contribution >= 4 is 49.7 Å². The van der Waals surface area contributed by atoms with Crippen LogP contribution in [-0.4, -0.2) is 36.1 Å². The number of benzene rings is 2. The first-order chi connectivity index (χ1) is 21.6. The standard InChI is InChI=1S/C33H32N6O5S2/c1-32(2)13-22-27(24(40)15-32)26(19-7-5-18(17-34)6-8-19)28-23(14-33(3,4)16-25(28)41)39(22)21-11-9-20(10-12-21)29(42)36-30-37-38-31(45-30)46(35,43)44/h5-12,26H,13-16H2,1-4H3,(H2,35,43,44)(H,36,37,42). The second kappa shape index (κ2) is 11.1. The zero-order chi connectivity index (χ0) is 33.2. The summed E-state index contributed by atoms with van der Waals surface area (Å²) >= 11 is 0.646. The molecular weight excluding hydrogens is 625 g/mol. The van der Waals surface area contributed by atoms with Crippen LogP contribution in [-0.2, 0) is 19.6 Å². The number of allylic oxidation sites excluding steroid dienone is 4. The van der Waals surface area contributed by atoms with Crippen LogP contribution >= 0.6 is 11.3 Å². The predicted octanol–water partition coefficient (Wildman–Crippen LogP) is 5.20. The van der Waals surface area contributed by atoms with Crippen LogP contribution in [0.25, 0.3) is 0 Å². The van der Waals surface area contributed by atoms with E-state index in [0.717, 1.165) is 17.0 Å². The van der Waals surface area contributed by atoms with E-state index >= 15 is 0 Å². The number of aromatic nitrogens is 2. The van der Waals surface area contributed by atoms with Crippen LogP contribution in [0.4, 0.5) is 10.8 Å². The fraction of sp³-hybridized carbons (Fsp3) is 0.333. The fourth-order valence-electron chi connectivity index (χ4n) is 6.67. The predicted molar refractivity (Wildman–Crippen MR) is 172 cm³/mol. The molecule has 46 heavy (non-hydrogen) atoms. The minimum absolute atomic E-state index is 0.0123. The summed E-state index contributed by atoms with van der Waals surface area (Å²) in [5.41, 5.74) is 4.50. The van der Waals surface area contributed by atoms with Crippen molar-refractivity contribution in [2.24, 2.45) is 16.0 Å². The fourth-order valence-corrected chi connectivity index (χ4v) is 8.00. The van der Waals surface area contributed by atoms with Gasteiger partial charge in [-0.3, -0.25) is 19.7 Å². The van der Waals surface area contributed by atoms with Crippen LogP contribution in [0.15, 0.2) is 75.4 Å². The topological polar surface area (TPSA) is 176 Å². The number of anilines is 2. The molecule has 236 valence electrons. The largest absolute Gasteiger partial charge is 0.317 e. The number of carbonyl (C=O) groups excluding carboxylic acids is 3. The van der Waals surface area contributed by atoms with Crippen LogP contribution in [0, 0.1) is 22.2 Å². The maximum atomic E-state index is 14.0. The van der Waals surface area contributed by atoms with Gasteiger partial charge in [0.1, 0.15) is 0 Å². The molecule has 6 rings (SSSR count). The van der Waals surface area contributed by atoms with Gasteiger partial charge in [-0.15, -0.1) is 10.2 Å². The van der Waals surface area contributed by atoms with Crippen LogP contribution in [0.1, 0.15) is 80.8 Å². The molecule has 2 aromatic carbocycles. The van der Waals surface area contributed by atoms with Crippen LogP contribution in [0.3, 0.4) is 0 Å². The van der Waals surface area contributed by atoms with E-state index in [-0.39, 0.29) is 33.1 Å². The Labute approximate surface area is 270 Å². The van der Waals surface area contributed by atoms with Crippen LogP contribution < -0.4 is 15.4 Å². The second-order valence-electron chi connectivity index (χ2n) is 13.5. The number of nitrogens with one attached hydrogen (secondary N) is 1. The van der Waals surface area contributed by atoms with Crippen molar-refractivity contribution in [3.05, 3.63) is 87.8 Å². The number of sulfonamides is 1. The highest BCUT2D eigenvalue weighted by Crippen LogP contribution is 2.55. The normalized spacial score (nSPS) is 19.4. The molecule has 11 nitrogen and oxygen atoms in total. The molecular formula is C33H32N6O5S2. The number of rotatable bonds is 5. The lowest BCUT2D eigenvalue weighted by atomic mass is 9.63. The number of ketones is 2. The maximum absolute atomic E-state index is 14.0. The monoisotopic (exact) mass is 656 g/mol. The van der Waals surface area contributed by atoms with Gasteiger partial charge >= 0.3 is 0 Å². The minimum Gasteiger partial charge on any atom is -0.317 e. The highest BCUT2D eigenvalue weighted by atomic mass is 32.2. The first-order valence-electron chi connectivity index (χ1n) is 14.7. The van der Waals surface area contributed by atoms with E-state index in [9.17, 15) is 28.1 Å². The van der Waals surface area contributed by atoms with Gasteiger partial charge in [0.25, 0.3) is 15.9 Å². The lowest BCUT2D eigenvalue weighted by Crippen LogP contribution is -2.44. The number of Topliss-reactive ketones (excluding diaryl/α,β-unsaturated/α-hetero) is 2. The molecule has 2 heterocycles. The molecule has 0 saturated heterocycles. The molecule has 0 spiro atoms. The molecule has 1 aliphatic heterocycles. The van der Waals surface area contributed by atoms with Crippen molar-refractivity contribution in [3.8, 4) is 6.07 Å². The van der Waals surface area contributed by atoms with Crippen molar-refractivity contribution in [1.82, 2.24) is 10.2 Å². The maximum Gasteiger partial charge on any atom is 0.267 e. The number of nitriles is 1. The van der Waals surface area contributed by atoms with Crippen LogP contribution in [0.2, 0.25) is 0 Å². The molecule has 3 aliphatic rings. The summed E-state index contributed by atoms with van der Waals surface area (Å²) in [6.45, 7) is 8.24. The van der Waals surface area contributed by atoms with Gasteiger partial charge in [0, 0.05) is 52.6 Å². The molecule has 0 atom stereocenters. The average Bonchev–Trinajstić information content (AvgIpc) is 3.44. The van der Waals surface area contributed by atoms with E-state index in [1.165, 1.54) is 0 Å². The van der Waals surface area contributed by atoms with Gasteiger partial charge in [-0.1, -0.05) is 51.2 Å². The molecule has 0 unspecified atom stereocenters. The van der Waals surface area contributed by atoms with Gasteiger partial charge in [0.2, 0.25) is 9.47 Å². The van der Waals surface area contributed by atoms with Crippen molar-refractivity contribution in [1.29, 1.82) is 5.26 Å². The summed E-state index contributed by atoms with van der Waals surface area (Å²) in [5.74, 6) is -1.09. The number of hydrogen-bond donors (Lipinski definition) is 2. The molecule has 0 fully saturated rings. The quantitative estimate of drug-likeness (QED) is 0.350. The molecule has 13 heteroatoms. The van der Waals surface area contributed by atoms with Gasteiger partial charge < -0.3 is 4.90 Å². The van der Waals surface area contributed by atoms with Gasteiger partial charge in [-0.25, -0.2) is 13.6 Å². The van der Waals surface area contributed by atoms with Crippen molar-refractivity contribution in [3.63, 3.8) is 0 Å². The molecule has 1 aromatic heterocycles. The molecule has 3 N–H and O–H groups in total. The number of nitrogens with zero attached hydrogens (tertiary/aromatic N) is 4. The van der Waals surface area contributed by atoms with Crippen molar-refractivity contribution < 1.29 is 22.8 Å². The van der Waals surface area contributed by atoms with Gasteiger partial charge in [-0.05, 0) is 65.6 Å². The first-order valence-corrected chi connectivity index (χ1v) is 17.0. The third kappa shape index (κ3) is 5.79. The Bertz CT molecular complexity index is 1960. The molecule has 0 radical (unpaired) electrons. The highest BCUT2D eigenvalue weighted by molar-refractivity contribution is 7.91. The van der Waals surface area contributed by atoms with E-state index in [2.05, 4.69) is 49.3 Å². The lowest BCUT2D eigenvalue weighted by molar-refractivity contribution is -0.119. The smallest absolute Gasteiger partial charge is 0.267 e. The summed E-state index contributed by atoms with van der Waals surface area (Å²) in [6.07, 6.45) is 1.87.